The van der Waals surface area contributed by atoms with Gasteiger partial charge in [-0.2, -0.15) is 0 Å². The van der Waals surface area contributed by atoms with Crippen molar-refractivity contribution in [2.24, 2.45) is 0 Å². The van der Waals surface area contributed by atoms with Gasteiger partial charge in [-0.15, -0.1) is 10.2 Å². The van der Waals surface area contributed by atoms with Crippen LogP contribution in [0.5, 0.6) is 0 Å². The van der Waals surface area contributed by atoms with Crippen molar-refractivity contribution >= 4 is 32.2 Å². The van der Waals surface area contributed by atoms with Gasteiger partial charge >= 0.3 is 0 Å². The van der Waals surface area contributed by atoms with Crippen molar-refractivity contribution in [3.05, 3.63) is 59.5 Å². The van der Waals surface area contributed by atoms with Gasteiger partial charge in [0.1, 0.15) is 17.0 Å². The lowest BCUT2D eigenvalue weighted by Crippen LogP contribution is -2.10. The SMILES string of the molecule is O=C(Nc1nncs1)c1ccc(CS(=O)(=O)c2ccccc2)o1. The fourth-order valence-electron chi connectivity index (χ4n) is 1.86. The van der Waals surface area contributed by atoms with Crippen LogP contribution in [0.3, 0.4) is 0 Å². The molecule has 118 valence electrons. The highest BCUT2D eigenvalue weighted by atomic mass is 32.2. The predicted molar refractivity (Wildman–Crippen MR) is 83.9 cm³/mol. The zero-order chi connectivity index (χ0) is 16.3. The molecule has 9 heteroatoms. The van der Waals surface area contributed by atoms with Gasteiger partial charge in [-0.05, 0) is 24.3 Å². The summed E-state index contributed by atoms with van der Waals surface area (Å²) in [5.41, 5.74) is 1.48. The molecule has 23 heavy (non-hydrogen) atoms. The molecule has 2 heterocycles. The molecule has 0 aliphatic rings. The number of sulfone groups is 1. The molecule has 7 nitrogen and oxygen atoms in total. The first kappa shape index (κ1) is 15.4. The summed E-state index contributed by atoms with van der Waals surface area (Å²) in [6.45, 7) is 0. The van der Waals surface area contributed by atoms with Crippen LogP contribution in [0.15, 0.2) is 57.3 Å². The highest BCUT2D eigenvalue weighted by molar-refractivity contribution is 7.90. The van der Waals surface area contributed by atoms with E-state index >= 15 is 0 Å². The minimum absolute atomic E-state index is 0.0125. The fraction of sp³-hybridized carbons (Fsp3) is 0.0714. The topological polar surface area (TPSA) is 102 Å². The van der Waals surface area contributed by atoms with Crippen LogP contribution < -0.4 is 5.32 Å². The number of carbonyl (C=O) groups excluding carboxylic acids is 1. The number of hydrogen-bond donors (Lipinski definition) is 1. The van der Waals surface area contributed by atoms with Crippen molar-refractivity contribution in [3.8, 4) is 0 Å². The van der Waals surface area contributed by atoms with E-state index < -0.39 is 15.7 Å². The zero-order valence-electron chi connectivity index (χ0n) is 11.7. The van der Waals surface area contributed by atoms with Gasteiger partial charge in [-0.1, -0.05) is 29.5 Å². The number of rotatable bonds is 5. The van der Waals surface area contributed by atoms with E-state index in [-0.39, 0.29) is 22.2 Å². The second-order valence-electron chi connectivity index (χ2n) is 4.54. The Morgan fingerprint density at radius 3 is 2.65 bits per heavy atom. The number of aromatic nitrogens is 2. The Kier molecular flexibility index (Phi) is 4.22. The van der Waals surface area contributed by atoms with Crippen molar-refractivity contribution in [3.63, 3.8) is 0 Å². The summed E-state index contributed by atoms with van der Waals surface area (Å²) in [4.78, 5) is 12.2. The first-order valence-electron chi connectivity index (χ1n) is 6.49. The number of nitrogens with one attached hydrogen (secondary N) is 1. The zero-order valence-corrected chi connectivity index (χ0v) is 13.3. The lowest BCUT2D eigenvalue weighted by Gasteiger charge is -2.02. The molecule has 1 amide bonds. The molecular formula is C14H11N3O4S2. The molecule has 1 N–H and O–H groups in total. The molecule has 0 bridgehead atoms. The van der Waals surface area contributed by atoms with Gasteiger partial charge in [-0.3, -0.25) is 10.1 Å². The third-order valence-electron chi connectivity index (χ3n) is 2.90. The summed E-state index contributed by atoms with van der Waals surface area (Å²) in [6.07, 6.45) is 0. The average Bonchev–Trinajstić information content (AvgIpc) is 3.19. The van der Waals surface area contributed by atoms with E-state index in [9.17, 15) is 13.2 Å². The molecule has 2 aromatic heterocycles. The first-order valence-corrected chi connectivity index (χ1v) is 9.02. The minimum atomic E-state index is -3.52. The Morgan fingerprint density at radius 1 is 1.17 bits per heavy atom. The molecule has 3 rings (SSSR count). The van der Waals surface area contributed by atoms with Crippen LogP contribution in [0.1, 0.15) is 16.3 Å². The molecule has 0 saturated carbocycles. The van der Waals surface area contributed by atoms with E-state index in [2.05, 4.69) is 15.5 Å². The molecule has 3 aromatic rings. The molecule has 0 unspecified atom stereocenters. The van der Waals surface area contributed by atoms with Gasteiger partial charge in [0.15, 0.2) is 15.6 Å². The number of amides is 1. The Labute approximate surface area is 135 Å². The molecular weight excluding hydrogens is 338 g/mol. The maximum atomic E-state index is 12.3. The first-order chi connectivity index (χ1) is 11.0. The van der Waals surface area contributed by atoms with Crippen molar-refractivity contribution in [2.75, 3.05) is 5.32 Å². The summed E-state index contributed by atoms with van der Waals surface area (Å²) in [6, 6.07) is 11.0. The molecule has 0 fully saturated rings. The average molecular weight is 349 g/mol. The maximum Gasteiger partial charge on any atom is 0.293 e. The van der Waals surface area contributed by atoms with Gasteiger partial charge in [0.25, 0.3) is 5.91 Å². The molecule has 0 radical (unpaired) electrons. The number of anilines is 1. The largest absolute Gasteiger partial charge is 0.455 e. The summed E-state index contributed by atoms with van der Waals surface area (Å²) in [5.74, 6) is -0.622. The standard InChI is InChI=1S/C14H11N3O4S2/c18-13(16-14-17-15-9-22-14)12-7-6-10(21-12)8-23(19,20)11-4-2-1-3-5-11/h1-7,9H,8H2,(H,16,17,18). The second kappa shape index (κ2) is 6.31. The van der Waals surface area contributed by atoms with Gasteiger partial charge in [0.05, 0.1) is 4.90 Å². The third-order valence-corrected chi connectivity index (χ3v) is 5.16. The highest BCUT2D eigenvalue weighted by Crippen LogP contribution is 2.19. The lowest BCUT2D eigenvalue weighted by molar-refractivity contribution is 0.0995. The van der Waals surface area contributed by atoms with Crippen LogP contribution >= 0.6 is 11.3 Å². The van der Waals surface area contributed by atoms with Gasteiger partial charge in [0, 0.05) is 0 Å². The van der Waals surface area contributed by atoms with Crippen molar-refractivity contribution < 1.29 is 17.6 Å². The third kappa shape index (κ3) is 3.63. The fourth-order valence-corrected chi connectivity index (χ4v) is 3.57. The summed E-state index contributed by atoms with van der Waals surface area (Å²) in [5, 5.41) is 10.1. The smallest absolute Gasteiger partial charge is 0.293 e. The van der Waals surface area contributed by atoms with Crippen molar-refractivity contribution in [1.29, 1.82) is 0 Å². The minimum Gasteiger partial charge on any atom is -0.455 e. The van der Waals surface area contributed by atoms with Crippen molar-refractivity contribution in [1.82, 2.24) is 10.2 Å². The van der Waals surface area contributed by atoms with E-state index in [1.807, 2.05) is 0 Å². The normalized spacial score (nSPS) is 11.3. The van der Waals surface area contributed by atoms with Crippen LogP contribution in [-0.4, -0.2) is 24.5 Å². The van der Waals surface area contributed by atoms with E-state index in [0.29, 0.717) is 5.13 Å². The van der Waals surface area contributed by atoms with Gasteiger partial charge in [-0.25, -0.2) is 8.42 Å². The summed E-state index contributed by atoms with van der Waals surface area (Å²) in [7, 11) is -3.52. The Balaban J connectivity index is 1.73. The number of hydrogen-bond acceptors (Lipinski definition) is 7. The van der Waals surface area contributed by atoms with E-state index in [1.165, 1.54) is 41.1 Å². The Hall–Kier alpha value is -2.52. The molecule has 0 aliphatic heterocycles. The van der Waals surface area contributed by atoms with Gasteiger partial charge < -0.3 is 4.42 Å². The van der Waals surface area contributed by atoms with Crippen LogP contribution in [0.4, 0.5) is 5.13 Å². The van der Waals surface area contributed by atoms with Crippen LogP contribution in [0.2, 0.25) is 0 Å². The van der Waals surface area contributed by atoms with E-state index in [4.69, 9.17) is 4.42 Å². The monoisotopic (exact) mass is 349 g/mol. The molecule has 0 atom stereocenters. The van der Waals surface area contributed by atoms with E-state index in [1.54, 1.807) is 18.2 Å². The molecule has 0 saturated heterocycles. The van der Waals surface area contributed by atoms with Crippen molar-refractivity contribution in [2.45, 2.75) is 10.6 Å². The molecule has 1 aromatic carbocycles. The number of furan rings is 1. The Morgan fingerprint density at radius 2 is 1.96 bits per heavy atom. The van der Waals surface area contributed by atoms with Crippen LogP contribution in [0.25, 0.3) is 0 Å². The predicted octanol–water partition coefficient (Wildman–Crippen LogP) is 2.36. The molecule has 0 spiro atoms. The maximum absolute atomic E-state index is 12.3. The number of nitrogens with zero attached hydrogens (tertiary/aromatic N) is 2. The second-order valence-corrected chi connectivity index (χ2v) is 7.36. The summed E-state index contributed by atoms with van der Waals surface area (Å²) >= 11 is 1.17. The summed E-state index contributed by atoms with van der Waals surface area (Å²) < 4.78 is 29.8. The van der Waals surface area contributed by atoms with E-state index in [0.717, 1.165) is 0 Å². The van der Waals surface area contributed by atoms with Crippen LogP contribution in [-0.2, 0) is 15.6 Å². The highest BCUT2D eigenvalue weighted by Gasteiger charge is 2.19. The van der Waals surface area contributed by atoms with Crippen LogP contribution in [0, 0.1) is 0 Å². The Bertz CT molecular complexity index is 903. The lowest BCUT2D eigenvalue weighted by atomic mass is 10.4. The van der Waals surface area contributed by atoms with Gasteiger partial charge in [0.2, 0.25) is 5.13 Å². The molecule has 0 aliphatic carbocycles. The number of carbonyl (C=O) groups is 1. The quantitative estimate of drug-likeness (QED) is 0.758. The number of benzene rings is 1.